The van der Waals surface area contributed by atoms with Crippen LogP contribution in [0.3, 0.4) is 0 Å². The molecule has 1 saturated heterocycles. The number of nitrogens with one attached hydrogen (secondary N) is 1. The van der Waals surface area contributed by atoms with Crippen molar-refractivity contribution in [3.8, 4) is 10.7 Å². The number of thioether (sulfide) groups is 1. The van der Waals surface area contributed by atoms with Crippen molar-refractivity contribution in [2.45, 2.75) is 56.8 Å². The van der Waals surface area contributed by atoms with E-state index in [-0.39, 0.29) is 23.2 Å². The Hall–Kier alpha value is -2.16. The summed E-state index contributed by atoms with van der Waals surface area (Å²) in [5, 5.41) is 14.5. The van der Waals surface area contributed by atoms with Crippen LogP contribution in [0.5, 0.6) is 0 Å². The number of hydrogen-bond donors (Lipinski definition) is 1. The molecule has 1 aliphatic heterocycles. The van der Waals surface area contributed by atoms with Gasteiger partial charge in [-0.25, -0.2) is 0 Å². The van der Waals surface area contributed by atoms with Crippen molar-refractivity contribution >= 4 is 34.7 Å². The molecule has 1 fully saturated rings. The fourth-order valence-electron chi connectivity index (χ4n) is 3.52. The molecule has 8 heteroatoms. The molecule has 0 radical (unpaired) electrons. The summed E-state index contributed by atoms with van der Waals surface area (Å²) in [5.41, 5.74) is 2.13. The van der Waals surface area contributed by atoms with Gasteiger partial charge in [-0.15, -0.1) is 21.5 Å². The average Bonchev–Trinajstić information content (AvgIpc) is 3.49. The van der Waals surface area contributed by atoms with Gasteiger partial charge in [-0.1, -0.05) is 50.7 Å². The number of anilines is 1. The van der Waals surface area contributed by atoms with Crippen LogP contribution in [0, 0.1) is 0 Å². The second-order valence-corrected chi connectivity index (χ2v) is 10.6. The molecule has 3 heterocycles. The highest BCUT2D eigenvalue weighted by molar-refractivity contribution is 7.99. The molecule has 1 aliphatic rings. The molecule has 0 aliphatic carbocycles. The number of carbonyl (C=O) groups excluding carboxylic acids is 1. The minimum Gasteiger partial charge on any atom is -0.376 e. The molecule has 4 rings (SSSR count). The van der Waals surface area contributed by atoms with Gasteiger partial charge in [-0.05, 0) is 47.4 Å². The number of benzene rings is 1. The molecule has 0 spiro atoms. The molecule has 0 saturated carbocycles. The molecule has 3 aromatic rings. The van der Waals surface area contributed by atoms with E-state index in [1.54, 1.807) is 11.3 Å². The first kappa shape index (κ1) is 22.0. The van der Waals surface area contributed by atoms with E-state index in [0.29, 0.717) is 6.54 Å². The topological polar surface area (TPSA) is 69.0 Å². The maximum atomic E-state index is 12.5. The van der Waals surface area contributed by atoms with Crippen molar-refractivity contribution in [2.75, 3.05) is 17.7 Å². The van der Waals surface area contributed by atoms with Crippen molar-refractivity contribution in [1.82, 2.24) is 14.8 Å². The Morgan fingerprint density at radius 3 is 2.71 bits per heavy atom. The first-order chi connectivity index (χ1) is 14.9. The quantitative estimate of drug-likeness (QED) is 0.494. The maximum Gasteiger partial charge on any atom is 0.234 e. The Morgan fingerprint density at radius 2 is 2.06 bits per heavy atom. The molecular formula is C23H28N4O2S2. The van der Waals surface area contributed by atoms with Crippen LogP contribution in [0.25, 0.3) is 10.7 Å². The van der Waals surface area contributed by atoms with Gasteiger partial charge in [0.1, 0.15) is 0 Å². The number of nitrogens with zero attached hydrogens (tertiary/aromatic N) is 3. The minimum absolute atomic E-state index is 0.0575. The lowest BCUT2D eigenvalue weighted by atomic mass is 9.87. The molecule has 1 aromatic carbocycles. The van der Waals surface area contributed by atoms with Gasteiger partial charge in [0, 0.05) is 12.3 Å². The number of carbonyl (C=O) groups is 1. The first-order valence-electron chi connectivity index (χ1n) is 10.5. The second-order valence-electron chi connectivity index (χ2n) is 8.69. The van der Waals surface area contributed by atoms with Gasteiger partial charge in [0.25, 0.3) is 0 Å². The highest BCUT2D eigenvalue weighted by atomic mass is 32.2. The van der Waals surface area contributed by atoms with E-state index in [4.69, 9.17) is 4.74 Å². The smallest absolute Gasteiger partial charge is 0.234 e. The van der Waals surface area contributed by atoms with Crippen LogP contribution in [-0.4, -0.2) is 39.1 Å². The van der Waals surface area contributed by atoms with E-state index >= 15 is 0 Å². The van der Waals surface area contributed by atoms with Crippen LogP contribution in [0.4, 0.5) is 5.69 Å². The number of hydrogen-bond acceptors (Lipinski definition) is 6. The Balaban J connectivity index is 1.42. The molecule has 6 nitrogen and oxygen atoms in total. The zero-order valence-corrected chi connectivity index (χ0v) is 19.8. The lowest BCUT2D eigenvalue weighted by Gasteiger charge is -2.19. The zero-order valence-electron chi connectivity index (χ0n) is 18.1. The summed E-state index contributed by atoms with van der Waals surface area (Å²) in [6.07, 6.45) is 2.29. The van der Waals surface area contributed by atoms with Gasteiger partial charge in [-0.2, -0.15) is 0 Å². The molecular weight excluding hydrogens is 428 g/mol. The third-order valence-electron chi connectivity index (χ3n) is 5.24. The van der Waals surface area contributed by atoms with Gasteiger partial charge in [0.2, 0.25) is 5.91 Å². The number of rotatable bonds is 7. The minimum atomic E-state index is -0.0575. The maximum absolute atomic E-state index is 12.5. The summed E-state index contributed by atoms with van der Waals surface area (Å²) in [5.74, 6) is 1.05. The van der Waals surface area contributed by atoms with Crippen molar-refractivity contribution in [1.29, 1.82) is 0 Å². The molecule has 1 amide bonds. The third kappa shape index (κ3) is 5.56. The Kier molecular flexibility index (Phi) is 6.79. The van der Waals surface area contributed by atoms with Crippen molar-refractivity contribution in [3.05, 3.63) is 47.3 Å². The van der Waals surface area contributed by atoms with Gasteiger partial charge >= 0.3 is 0 Å². The molecule has 31 heavy (non-hydrogen) atoms. The van der Waals surface area contributed by atoms with Gasteiger partial charge in [0.15, 0.2) is 11.0 Å². The summed E-state index contributed by atoms with van der Waals surface area (Å²) in [6, 6.07) is 12.1. The second kappa shape index (κ2) is 9.54. The van der Waals surface area contributed by atoms with Crippen LogP contribution >= 0.6 is 23.1 Å². The van der Waals surface area contributed by atoms with E-state index in [1.807, 2.05) is 29.6 Å². The van der Waals surface area contributed by atoms with Crippen molar-refractivity contribution < 1.29 is 9.53 Å². The predicted octanol–water partition coefficient (Wildman–Crippen LogP) is 5.21. The highest BCUT2D eigenvalue weighted by Gasteiger charge is 2.22. The third-order valence-corrected chi connectivity index (χ3v) is 7.07. The Labute approximate surface area is 191 Å². The normalized spacial score (nSPS) is 16.5. The number of thiophene rings is 1. The van der Waals surface area contributed by atoms with Crippen LogP contribution < -0.4 is 5.32 Å². The monoisotopic (exact) mass is 456 g/mol. The first-order valence-corrected chi connectivity index (χ1v) is 12.4. The summed E-state index contributed by atoms with van der Waals surface area (Å²) in [7, 11) is 0. The van der Waals surface area contributed by atoms with E-state index in [9.17, 15) is 4.79 Å². The van der Waals surface area contributed by atoms with E-state index in [2.05, 4.69) is 53.0 Å². The molecule has 1 N–H and O–H groups in total. The van der Waals surface area contributed by atoms with Gasteiger partial charge in [-0.3, -0.25) is 9.36 Å². The fraction of sp³-hybridized carbons (Fsp3) is 0.435. The summed E-state index contributed by atoms with van der Waals surface area (Å²) in [4.78, 5) is 13.6. The Bertz CT molecular complexity index is 1000. The molecule has 1 atom stereocenters. The Morgan fingerprint density at radius 1 is 1.26 bits per heavy atom. The molecule has 2 aromatic heterocycles. The summed E-state index contributed by atoms with van der Waals surface area (Å²) >= 11 is 3.05. The van der Waals surface area contributed by atoms with Crippen molar-refractivity contribution in [3.63, 3.8) is 0 Å². The van der Waals surface area contributed by atoms with E-state index < -0.39 is 0 Å². The van der Waals surface area contributed by atoms with Crippen LogP contribution in [0.2, 0.25) is 0 Å². The summed E-state index contributed by atoms with van der Waals surface area (Å²) in [6.45, 7) is 8.04. The van der Waals surface area contributed by atoms with Crippen molar-refractivity contribution in [2.24, 2.45) is 0 Å². The standard InChI is InChI=1S/C23H28N4O2S2/c1-23(2,3)16-8-10-17(11-9-16)24-20(28)15-31-22-26-25-21(19-7-5-13-30-19)27(22)14-18-6-4-12-29-18/h5,7-11,13,18H,4,6,12,14-15H2,1-3H3,(H,24,28). The lowest BCUT2D eigenvalue weighted by Crippen LogP contribution is -2.18. The van der Waals surface area contributed by atoms with Crippen LogP contribution in [-0.2, 0) is 21.5 Å². The number of amides is 1. The number of aromatic nitrogens is 3. The lowest BCUT2D eigenvalue weighted by molar-refractivity contribution is -0.113. The molecule has 0 bridgehead atoms. The van der Waals surface area contributed by atoms with Gasteiger partial charge in [0.05, 0.1) is 23.3 Å². The predicted molar refractivity (Wildman–Crippen MR) is 127 cm³/mol. The highest BCUT2D eigenvalue weighted by Crippen LogP contribution is 2.29. The number of ether oxygens (including phenoxy) is 1. The van der Waals surface area contributed by atoms with Gasteiger partial charge < -0.3 is 10.1 Å². The molecule has 1 unspecified atom stereocenters. The van der Waals surface area contributed by atoms with E-state index in [1.165, 1.54) is 17.3 Å². The largest absolute Gasteiger partial charge is 0.376 e. The summed E-state index contributed by atoms with van der Waals surface area (Å²) < 4.78 is 7.93. The van der Waals surface area contributed by atoms with Crippen LogP contribution in [0.15, 0.2) is 46.9 Å². The molecule has 164 valence electrons. The fourth-order valence-corrected chi connectivity index (χ4v) is 4.99. The van der Waals surface area contributed by atoms with E-state index in [0.717, 1.165) is 41.0 Å². The SMILES string of the molecule is CC(C)(C)c1ccc(NC(=O)CSc2nnc(-c3cccs3)n2CC2CCCO2)cc1. The van der Waals surface area contributed by atoms with Crippen LogP contribution in [0.1, 0.15) is 39.2 Å². The average molecular weight is 457 g/mol. The zero-order chi connectivity index (χ0) is 21.8.